The third-order valence-corrected chi connectivity index (χ3v) is 4.25. The third-order valence-electron chi connectivity index (χ3n) is 4.25. The number of hydrogen-bond donors (Lipinski definition) is 2. The monoisotopic (exact) mass is 396 g/mol. The summed E-state index contributed by atoms with van der Waals surface area (Å²) in [6.45, 7) is 2.28. The first-order chi connectivity index (χ1) is 14.0. The molecule has 2 aromatic rings. The van der Waals surface area contributed by atoms with E-state index in [0.29, 0.717) is 36.2 Å². The van der Waals surface area contributed by atoms with Crippen molar-refractivity contribution in [2.45, 2.75) is 32.6 Å². The van der Waals surface area contributed by atoms with Gasteiger partial charge in [0.1, 0.15) is 0 Å². The summed E-state index contributed by atoms with van der Waals surface area (Å²) in [6.07, 6.45) is 2.63. The van der Waals surface area contributed by atoms with Gasteiger partial charge >= 0.3 is 0 Å². The van der Waals surface area contributed by atoms with Crippen molar-refractivity contribution >= 4 is 23.2 Å². The molecule has 8 heteroatoms. The maximum atomic E-state index is 11.9. The van der Waals surface area contributed by atoms with Crippen LogP contribution in [0.1, 0.15) is 48.5 Å². The number of nitro groups is 1. The zero-order chi connectivity index (χ0) is 21.1. The van der Waals surface area contributed by atoms with Crippen LogP contribution in [0.25, 0.3) is 0 Å². The molecule has 0 radical (unpaired) electrons. The molecule has 8 nitrogen and oxygen atoms in total. The largest absolute Gasteiger partial charge is 0.352 e. The Morgan fingerprint density at radius 2 is 1.66 bits per heavy atom. The molecule has 0 aliphatic rings. The minimum absolute atomic E-state index is 0.00513. The number of amides is 2. The summed E-state index contributed by atoms with van der Waals surface area (Å²) < 4.78 is 0. The number of non-ortho nitro benzene ring substituents is 1. The number of hydrazone groups is 1. The average molecular weight is 396 g/mol. The molecule has 0 aliphatic heterocycles. The quantitative estimate of drug-likeness (QED) is 0.277. The number of nitrogens with one attached hydrogen (secondary N) is 2. The number of rotatable bonds is 10. The van der Waals surface area contributed by atoms with Crippen LogP contribution in [0.3, 0.4) is 0 Å². The molecule has 29 heavy (non-hydrogen) atoms. The molecular formula is C21H24N4O4. The molecule has 0 aliphatic carbocycles. The summed E-state index contributed by atoms with van der Waals surface area (Å²) in [6, 6.07) is 15.0. The Bertz CT molecular complexity index is 864. The number of unbranched alkanes of at least 4 members (excludes halogenated alkanes) is 2. The van der Waals surface area contributed by atoms with Crippen LogP contribution in [0.15, 0.2) is 59.7 Å². The average Bonchev–Trinajstić information content (AvgIpc) is 2.74. The van der Waals surface area contributed by atoms with Crippen molar-refractivity contribution in [2.24, 2.45) is 5.10 Å². The molecule has 2 rings (SSSR count). The first-order valence-electron chi connectivity index (χ1n) is 9.38. The first-order valence-corrected chi connectivity index (χ1v) is 9.38. The molecule has 0 bridgehead atoms. The van der Waals surface area contributed by atoms with E-state index in [1.165, 1.54) is 12.1 Å². The molecule has 0 saturated heterocycles. The highest BCUT2D eigenvalue weighted by Crippen LogP contribution is 2.12. The molecule has 0 aromatic heterocycles. The van der Waals surface area contributed by atoms with Gasteiger partial charge in [0.2, 0.25) is 5.91 Å². The second-order valence-corrected chi connectivity index (χ2v) is 6.47. The van der Waals surface area contributed by atoms with Gasteiger partial charge < -0.3 is 5.32 Å². The molecular weight excluding hydrogens is 372 g/mol. The van der Waals surface area contributed by atoms with E-state index in [1.807, 2.05) is 18.2 Å². The van der Waals surface area contributed by atoms with Crippen LogP contribution >= 0.6 is 0 Å². The fraction of sp³-hybridized carbons (Fsp3) is 0.286. The van der Waals surface area contributed by atoms with Crippen molar-refractivity contribution in [1.82, 2.24) is 10.7 Å². The second-order valence-electron chi connectivity index (χ2n) is 6.47. The lowest BCUT2D eigenvalue weighted by Crippen LogP contribution is -2.24. The Hall–Kier alpha value is -3.55. The van der Waals surface area contributed by atoms with Crippen molar-refractivity contribution in [1.29, 1.82) is 0 Å². The minimum atomic E-state index is -0.467. The lowest BCUT2D eigenvalue weighted by Gasteiger charge is -2.05. The van der Waals surface area contributed by atoms with Crippen molar-refractivity contribution < 1.29 is 14.5 Å². The van der Waals surface area contributed by atoms with E-state index in [1.54, 1.807) is 31.2 Å². The van der Waals surface area contributed by atoms with Gasteiger partial charge in [-0.15, -0.1) is 0 Å². The first kappa shape index (κ1) is 21.7. The van der Waals surface area contributed by atoms with Crippen LogP contribution in [0.4, 0.5) is 5.69 Å². The van der Waals surface area contributed by atoms with Crippen LogP contribution in [0.5, 0.6) is 0 Å². The maximum Gasteiger partial charge on any atom is 0.269 e. The molecule has 0 unspecified atom stereocenters. The van der Waals surface area contributed by atoms with Gasteiger partial charge in [-0.3, -0.25) is 19.7 Å². The van der Waals surface area contributed by atoms with Gasteiger partial charge in [-0.05, 0) is 49.6 Å². The molecule has 0 heterocycles. The molecule has 152 valence electrons. The van der Waals surface area contributed by atoms with Crippen molar-refractivity contribution in [3.63, 3.8) is 0 Å². The number of carbonyl (C=O) groups is 2. The molecule has 2 amide bonds. The zero-order valence-electron chi connectivity index (χ0n) is 16.3. The molecule has 0 saturated carbocycles. The topological polar surface area (TPSA) is 114 Å². The van der Waals surface area contributed by atoms with Gasteiger partial charge in [0.25, 0.3) is 11.6 Å². The minimum Gasteiger partial charge on any atom is -0.352 e. The maximum absolute atomic E-state index is 11.9. The number of carbonyl (C=O) groups excluding carboxylic acids is 2. The lowest BCUT2D eigenvalue weighted by atomic mass is 10.1. The summed E-state index contributed by atoms with van der Waals surface area (Å²) >= 11 is 0. The van der Waals surface area contributed by atoms with Crippen LogP contribution in [-0.4, -0.2) is 29.0 Å². The van der Waals surface area contributed by atoms with Crippen LogP contribution in [0, 0.1) is 10.1 Å². The smallest absolute Gasteiger partial charge is 0.269 e. The van der Waals surface area contributed by atoms with Crippen LogP contribution in [-0.2, 0) is 4.79 Å². The highest BCUT2D eigenvalue weighted by molar-refractivity contribution is 5.99. The Morgan fingerprint density at radius 3 is 2.31 bits per heavy atom. The Kier molecular flexibility index (Phi) is 8.50. The van der Waals surface area contributed by atoms with E-state index in [4.69, 9.17) is 0 Å². The summed E-state index contributed by atoms with van der Waals surface area (Å²) in [5, 5.41) is 17.5. The molecule has 2 aromatic carbocycles. The Labute approximate surface area is 169 Å². The summed E-state index contributed by atoms with van der Waals surface area (Å²) in [5.41, 5.74) is 4.40. The van der Waals surface area contributed by atoms with E-state index in [0.717, 1.165) is 12.8 Å². The Balaban J connectivity index is 1.62. The van der Waals surface area contributed by atoms with Gasteiger partial charge in [0, 0.05) is 30.7 Å². The van der Waals surface area contributed by atoms with Gasteiger partial charge in [0.15, 0.2) is 0 Å². The van der Waals surface area contributed by atoms with E-state index < -0.39 is 4.92 Å². The normalized spacial score (nSPS) is 11.0. The van der Waals surface area contributed by atoms with Crippen molar-refractivity contribution in [3.05, 3.63) is 75.8 Å². The van der Waals surface area contributed by atoms with Gasteiger partial charge in [0.05, 0.1) is 10.6 Å². The van der Waals surface area contributed by atoms with Gasteiger partial charge in [-0.25, -0.2) is 5.43 Å². The predicted molar refractivity (Wildman–Crippen MR) is 111 cm³/mol. The SMILES string of the molecule is CC(=NNC(=O)CCCCCNC(=O)c1ccccc1)c1ccc([N+](=O)[O-])cc1. The highest BCUT2D eigenvalue weighted by Gasteiger charge is 2.06. The number of nitrogens with zero attached hydrogens (tertiary/aromatic N) is 2. The molecule has 0 spiro atoms. The van der Waals surface area contributed by atoms with Crippen LogP contribution in [0.2, 0.25) is 0 Å². The van der Waals surface area contributed by atoms with Crippen molar-refractivity contribution in [2.75, 3.05) is 6.54 Å². The van der Waals surface area contributed by atoms with E-state index >= 15 is 0 Å². The highest BCUT2D eigenvalue weighted by atomic mass is 16.6. The molecule has 0 atom stereocenters. The molecule has 0 fully saturated rings. The van der Waals surface area contributed by atoms with Gasteiger partial charge in [-0.1, -0.05) is 24.6 Å². The van der Waals surface area contributed by atoms with Crippen molar-refractivity contribution in [3.8, 4) is 0 Å². The Morgan fingerprint density at radius 1 is 0.966 bits per heavy atom. The van der Waals surface area contributed by atoms with E-state index in [9.17, 15) is 19.7 Å². The zero-order valence-corrected chi connectivity index (χ0v) is 16.3. The summed E-state index contributed by atoms with van der Waals surface area (Å²) in [7, 11) is 0. The third kappa shape index (κ3) is 7.53. The fourth-order valence-corrected chi connectivity index (χ4v) is 2.57. The number of hydrogen-bond acceptors (Lipinski definition) is 5. The summed E-state index contributed by atoms with van der Waals surface area (Å²) in [5.74, 6) is -0.293. The second kappa shape index (κ2) is 11.3. The van der Waals surface area contributed by atoms with E-state index in [-0.39, 0.29) is 17.5 Å². The standard InChI is InChI=1S/C21H24N4O4/c1-16(17-11-13-19(14-12-17)25(28)29)23-24-20(26)10-6-3-7-15-22-21(27)18-8-4-2-5-9-18/h2,4-5,8-9,11-14H,3,6-7,10,15H2,1H3,(H,22,27)(H,24,26). The lowest BCUT2D eigenvalue weighted by molar-refractivity contribution is -0.384. The number of nitro benzene ring substituents is 1. The van der Waals surface area contributed by atoms with Crippen LogP contribution < -0.4 is 10.7 Å². The summed E-state index contributed by atoms with van der Waals surface area (Å²) in [4.78, 5) is 33.9. The number of benzene rings is 2. The fourth-order valence-electron chi connectivity index (χ4n) is 2.57. The van der Waals surface area contributed by atoms with Gasteiger partial charge in [-0.2, -0.15) is 5.10 Å². The molecule has 2 N–H and O–H groups in total. The predicted octanol–water partition coefficient (Wildman–Crippen LogP) is 3.43. The van der Waals surface area contributed by atoms with E-state index in [2.05, 4.69) is 15.8 Å².